The van der Waals surface area contributed by atoms with Crippen LogP contribution in [0, 0.1) is 5.82 Å². The Morgan fingerprint density at radius 1 is 1.00 bits per heavy atom. The van der Waals surface area contributed by atoms with E-state index in [1.807, 2.05) is 0 Å². The Labute approximate surface area is 169 Å². The number of amides is 2. The number of anilines is 2. The van der Waals surface area contributed by atoms with Gasteiger partial charge in [0.1, 0.15) is 5.82 Å². The Kier molecular flexibility index (Phi) is 5.76. The molecule has 1 saturated heterocycles. The molecule has 1 aliphatic carbocycles. The van der Waals surface area contributed by atoms with Crippen molar-refractivity contribution in [3.8, 4) is 0 Å². The number of hydrogen-bond acceptors (Lipinski definition) is 4. The van der Waals surface area contributed by atoms with Gasteiger partial charge in [-0.2, -0.15) is 0 Å². The maximum atomic E-state index is 13.1. The number of nitrogens with one attached hydrogen (secondary N) is 2. The van der Waals surface area contributed by atoms with Gasteiger partial charge in [-0.3, -0.25) is 14.5 Å². The van der Waals surface area contributed by atoms with Crippen molar-refractivity contribution < 1.29 is 14.0 Å². The maximum Gasteiger partial charge on any atom is 0.251 e. The molecule has 2 amide bonds. The second kappa shape index (κ2) is 8.61. The zero-order valence-electron chi connectivity index (χ0n) is 16.2. The number of carbonyl (C=O) groups excluding carboxylic acids is 2. The third-order valence-electron chi connectivity index (χ3n) is 5.25. The molecule has 1 saturated carbocycles. The fourth-order valence-electron chi connectivity index (χ4n) is 3.45. The van der Waals surface area contributed by atoms with Crippen LogP contribution < -0.4 is 15.5 Å². The molecule has 2 N–H and O–H groups in total. The number of carbonyl (C=O) groups is 2. The van der Waals surface area contributed by atoms with E-state index < -0.39 is 0 Å². The van der Waals surface area contributed by atoms with Crippen molar-refractivity contribution in [2.45, 2.75) is 18.9 Å². The first-order valence-electron chi connectivity index (χ1n) is 10.0. The molecule has 0 bridgehead atoms. The van der Waals surface area contributed by atoms with Crippen LogP contribution in [-0.2, 0) is 4.79 Å². The van der Waals surface area contributed by atoms with E-state index in [0.717, 1.165) is 44.7 Å². The SMILES string of the molecule is O=C(CN1CCN(c2ccc(F)cc2)CC1)Nc1cccc(C(=O)NC2CC2)c1. The molecule has 0 radical (unpaired) electrons. The van der Waals surface area contributed by atoms with Crippen molar-refractivity contribution in [3.63, 3.8) is 0 Å². The number of rotatable bonds is 6. The van der Waals surface area contributed by atoms with Crippen molar-refractivity contribution in [1.82, 2.24) is 10.2 Å². The first kappa shape index (κ1) is 19.4. The lowest BCUT2D eigenvalue weighted by Crippen LogP contribution is -2.48. The van der Waals surface area contributed by atoms with E-state index >= 15 is 0 Å². The maximum absolute atomic E-state index is 13.1. The monoisotopic (exact) mass is 396 g/mol. The molecule has 2 fully saturated rings. The van der Waals surface area contributed by atoms with Gasteiger partial charge in [0, 0.05) is 49.2 Å². The first-order valence-corrected chi connectivity index (χ1v) is 10.0. The number of halogens is 1. The Hall–Kier alpha value is -2.93. The minimum Gasteiger partial charge on any atom is -0.369 e. The minimum atomic E-state index is -0.238. The van der Waals surface area contributed by atoms with Crippen LogP contribution in [0.3, 0.4) is 0 Å². The van der Waals surface area contributed by atoms with Crippen LogP contribution in [0.1, 0.15) is 23.2 Å². The normalized spacial score (nSPS) is 17.1. The largest absolute Gasteiger partial charge is 0.369 e. The summed E-state index contributed by atoms with van der Waals surface area (Å²) in [6, 6.07) is 13.8. The van der Waals surface area contributed by atoms with Crippen molar-refractivity contribution in [3.05, 3.63) is 59.9 Å². The summed E-state index contributed by atoms with van der Waals surface area (Å²) >= 11 is 0. The quantitative estimate of drug-likeness (QED) is 0.788. The molecule has 0 unspecified atom stereocenters. The van der Waals surface area contributed by atoms with Gasteiger partial charge < -0.3 is 15.5 Å². The Balaban J connectivity index is 1.26. The van der Waals surface area contributed by atoms with Crippen molar-refractivity contribution >= 4 is 23.2 Å². The van der Waals surface area contributed by atoms with E-state index in [-0.39, 0.29) is 17.6 Å². The van der Waals surface area contributed by atoms with Crippen LogP contribution in [-0.4, -0.2) is 55.5 Å². The number of piperazine rings is 1. The van der Waals surface area contributed by atoms with Crippen molar-refractivity contribution in [1.29, 1.82) is 0 Å². The number of benzene rings is 2. The summed E-state index contributed by atoms with van der Waals surface area (Å²) in [6.45, 7) is 3.39. The number of hydrogen-bond donors (Lipinski definition) is 2. The van der Waals surface area contributed by atoms with Gasteiger partial charge in [-0.05, 0) is 55.3 Å². The summed E-state index contributed by atoms with van der Waals surface area (Å²) in [6.07, 6.45) is 2.08. The standard InChI is InChI=1S/C22H25FN4O2/c23-17-4-8-20(9-5-17)27-12-10-26(11-13-27)15-21(28)24-19-3-1-2-16(14-19)22(29)25-18-6-7-18/h1-5,8-9,14,18H,6-7,10-13,15H2,(H,24,28)(H,25,29). The van der Waals surface area contributed by atoms with Gasteiger partial charge in [0.15, 0.2) is 0 Å². The summed E-state index contributed by atoms with van der Waals surface area (Å²) in [7, 11) is 0. The molecule has 0 aromatic heterocycles. The molecule has 6 nitrogen and oxygen atoms in total. The summed E-state index contributed by atoms with van der Waals surface area (Å²) in [4.78, 5) is 28.9. The zero-order chi connectivity index (χ0) is 20.2. The summed E-state index contributed by atoms with van der Waals surface area (Å²) in [5, 5.41) is 5.84. The predicted molar refractivity (Wildman–Crippen MR) is 111 cm³/mol. The average molecular weight is 396 g/mol. The average Bonchev–Trinajstić information content (AvgIpc) is 3.53. The van der Waals surface area contributed by atoms with E-state index in [2.05, 4.69) is 20.4 Å². The minimum absolute atomic E-state index is 0.0967. The Morgan fingerprint density at radius 2 is 1.72 bits per heavy atom. The van der Waals surface area contributed by atoms with Crippen molar-refractivity contribution in [2.75, 3.05) is 42.9 Å². The lowest BCUT2D eigenvalue weighted by atomic mass is 10.2. The molecule has 0 atom stereocenters. The molecule has 2 aromatic rings. The molecular formula is C22H25FN4O2. The van der Waals surface area contributed by atoms with Crippen LogP contribution in [0.25, 0.3) is 0 Å². The Bertz CT molecular complexity index is 875. The molecule has 0 spiro atoms. The topological polar surface area (TPSA) is 64.7 Å². The van der Waals surface area contributed by atoms with Gasteiger partial charge in [0.25, 0.3) is 5.91 Å². The molecule has 4 rings (SSSR count). The predicted octanol–water partition coefficient (Wildman–Crippen LogP) is 2.48. The van der Waals surface area contributed by atoms with Crippen LogP contribution in [0.5, 0.6) is 0 Å². The molecular weight excluding hydrogens is 371 g/mol. The zero-order valence-corrected chi connectivity index (χ0v) is 16.2. The molecule has 7 heteroatoms. The van der Waals surface area contributed by atoms with Crippen LogP contribution >= 0.6 is 0 Å². The van der Waals surface area contributed by atoms with E-state index in [9.17, 15) is 14.0 Å². The summed E-state index contributed by atoms with van der Waals surface area (Å²) < 4.78 is 13.1. The van der Waals surface area contributed by atoms with Crippen LogP contribution in [0.15, 0.2) is 48.5 Å². The van der Waals surface area contributed by atoms with Gasteiger partial charge in [0.2, 0.25) is 5.91 Å². The van der Waals surface area contributed by atoms with Gasteiger partial charge in [0.05, 0.1) is 6.54 Å². The lowest BCUT2D eigenvalue weighted by Gasteiger charge is -2.35. The van der Waals surface area contributed by atoms with Crippen LogP contribution in [0.2, 0.25) is 0 Å². The first-order chi connectivity index (χ1) is 14.1. The van der Waals surface area contributed by atoms with E-state index in [1.165, 1.54) is 12.1 Å². The van der Waals surface area contributed by atoms with E-state index in [1.54, 1.807) is 36.4 Å². The summed E-state index contributed by atoms with van der Waals surface area (Å²) in [5.74, 6) is -0.432. The smallest absolute Gasteiger partial charge is 0.251 e. The van der Waals surface area contributed by atoms with E-state index in [4.69, 9.17) is 0 Å². The third-order valence-corrected chi connectivity index (χ3v) is 5.25. The van der Waals surface area contributed by atoms with Crippen LogP contribution in [0.4, 0.5) is 15.8 Å². The highest BCUT2D eigenvalue weighted by molar-refractivity contribution is 5.97. The third kappa shape index (κ3) is 5.32. The second-order valence-electron chi connectivity index (χ2n) is 7.62. The summed E-state index contributed by atoms with van der Waals surface area (Å²) in [5.41, 5.74) is 2.18. The molecule has 2 aliphatic rings. The molecule has 1 aliphatic heterocycles. The molecule has 29 heavy (non-hydrogen) atoms. The highest BCUT2D eigenvalue weighted by Crippen LogP contribution is 2.20. The lowest BCUT2D eigenvalue weighted by molar-refractivity contribution is -0.117. The fourth-order valence-corrected chi connectivity index (χ4v) is 3.45. The van der Waals surface area contributed by atoms with Gasteiger partial charge in [-0.25, -0.2) is 4.39 Å². The Morgan fingerprint density at radius 3 is 2.41 bits per heavy atom. The highest BCUT2D eigenvalue weighted by Gasteiger charge is 2.24. The van der Waals surface area contributed by atoms with Gasteiger partial charge in [-0.1, -0.05) is 6.07 Å². The van der Waals surface area contributed by atoms with Crippen molar-refractivity contribution in [2.24, 2.45) is 0 Å². The highest BCUT2D eigenvalue weighted by atomic mass is 19.1. The molecule has 2 aromatic carbocycles. The molecule has 1 heterocycles. The fraction of sp³-hybridized carbons (Fsp3) is 0.364. The van der Waals surface area contributed by atoms with Gasteiger partial charge >= 0.3 is 0 Å². The second-order valence-corrected chi connectivity index (χ2v) is 7.62. The number of nitrogens with zero attached hydrogens (tertiary/aromatic N) is 2. The van der Waals surface area contributed by atoms with E-state index in [0.29, 0.717) is 23.8 Å². The van der Waals surface area contributed by atoms with Gasteiger partial charge in [-0.15, -0.1) is 0 Å². The molecule has 152 valence electrons.